The first-order valence-corrected chi connectivity index (χ1v) is 18.6. The highest BCUT2D eigenvalue weighted by Crippen LogP contribution is 2.16. The molecule has 0 aromatic heterocycles. The topological polar surface area (TPSA) is 107 Å². The number of aliphatic hydroxyl groups is 1. The van der Waals surface area contributed by atoms with Crippen molar-refractivity contribution in [3.63, 3.8) is 0 Å². The second-order valence-corrected chi connectivity index (χ2v) is 13.0. The summed E-state index contributed by atoms with van der Waals surface area (Å²) in [5, 5.41) is 24.1. The molecule has 0 radical (unpaired) electrons. The van der Waals surface area contributed by atoms with E-state index in [1.807, 2.05) is 0 Å². The molecular weight excluding hydrogens is 554 g/mol. The van der Waals surface area contributed by atoms with E-state index in [4.69, 9.17) is 20.1 Å². The summed E-state index contributed by atoms with van der Waals surface area (Å²) < 4.78 is 5.94. The summed E-state index contributed by atoms with van der Waals surface area (Å²) >= 11 is 0. The molecule has 0 aromatic carbocycles. The number of aliphatic carboxylic acids is 2. The van der Waals surface area contributed by atoms with Gasteiger partial charge in [0.2, 0.25) is 0 Å². The van der Waals surface area contributed by atoms with Crippen LogP contribution in [0, 0.1) is 0 Å². The molecule has 0 aliphatic rings. The number of carboxylic acids is 2. The third-order valence-corrected chi connectivity index (χ3v) is 8.49. The molecule has 0 saturated heterocycles. The number of nitrogens with zero attached hydrogens (tertiary/aromatic N) is 1. The number of hydrogen-bond acceptors (Lipinski definition) is 5. The molecule has 0 aliphatic heterocycles. The largest absolute Gasteiger partial charge is 0.481 e. The van der Waals surface area contributed by atoms with Crippen LogP contribution in [0.5, 0.6) is 0 Å². The maximum Gasteiger partial charge on any atom is 0.333 e. The molecule has 0 bridgehead atoms. The van der Waals surface area contributed by atoms with Crippen LogP contribution in [0.1, 0.15) is 187 Å². The summed E-state index contributed by atoms with van der Waals surface area (Å²) in [6, 6.07) is 0.741. The van der Waals surface area contributed by atoms with Crippen LogP contribution in [0.2, 0.25) is 0 Å². The monoisotopic (exact) mass is 630 g/mol. The van der Waals surface area contributed by atoms with Gasteiger partial charge in [0.25, 0.3) is 0 Å². The Morgan fingerprint density at radius 3 is 1.23 bits per heavy atom. The Hall–Kier alpha value is -1.18. The highest BCUT2D eigenvalue weighted by molar-refractivity contribution is 5.79. The molecule has 0 amide bonds. The summed E-state index contributed by atoms with van der Waals surface area (Å²) in [5.41, 5.74) is 0. The highest BCUT2D eigenvalue weighted by Gasteiger charge is 2.16. The molecule has 0 aromatic rings. The fourth-order valence-electron chi connectivity index (χ4n) is 5.53. The van der Waals surface area contributed by atoms with Crippen LogP contribution in [0.25, 0.3) is 0 Å². The lowest BCUT2D eigenvalue weighted by molar-refractivity contribution is -0.152. The molecule has 264 valence electrons. The van der Waals surface area contributed by atoms with E-state index >= 15 is 0 Å². The fourth-order valence-corrected chi connectivity index (χ4v) is 5.53. The SMILES string of the molecule is CCCCCCCCCCCCCCCCCCOCCCC(CCCCCCCCC)N(C)C.O=C(O)CC(O)C(=O)O. The van der Waals surface area contributed by atoms with Crippen LogP contribution in [-0.2, 0) is 14.3 Å². The average molecular weight is 630 g/mol. The Morgan fingerprint density at radius 2 is 0.886 bits per heavy atom. The van der Waals surface area contributed by atoms with E-state index < -0.39 is 24.5 Å². The minimum absolute atomic E-state index is 0.741. The molecule has 0 aliphatic carbocycles. The molecule has 7 heteroatoms. The van der Waals surface area contributed by atoms with Crippen molar-refractivity contribution in [1.29, 1.82) is 0 Å². The fraction of sp³-hybridized carbons (Fsp3) is 0.946. The van der Waals surface area contributed by atoms with Crippen LogP contribution in [-0.4, -0.2) is 71.6 Å². The van der Waals surface area contributed by atoms with Gasteiger partial charge in [0, 0.05) is 19.3 Å². The van der Waals surface area contributed by atoms with Crippen LogP contribution in [0.3, 0.4) is 0 Å². The number of ether oxygens (including phenoxy) is 1. The molecule has 2 unspecified atom stereocenters. The number of carboxylic acid groups (broad SMARTS) is 2. The summed E-state index contributed by atoms with van der Waals surface area (Å²) in [4.78, 5) is 21.8. The average Bonchev–Trinajstić information content (AvgIpc) is 2.98. The van der Waals surface area contributed by atoms with Gasteiger partial charge in [-0.05, 0) is 39.8 Å². The number of aliphatic hydroxyl groups excluding tert-OH is 1. The Labute approximate surface area is 272 Å². The molecule has 0 saturated carbocycles. The van der Waals surface area contributed by atoms with Gasteiger partial charge in [0.05, 0.1) is 6.42 Å². The molecule has 0 rings (SSSR count). The lowest BCUT2D eigenvalue weighted by atomic mass is 10.0. The van der Waals surface area contributed by atoms with Gasteiger partial charge in [0.15, 0.2) is 6.10 Å². The van der Waals surface area contributed by atoms with Crippen molar-refractivity contribution < 1.29 is 29.6 Å². The zero-order valence-corrected chi connectivity index (χ0v) is 29.7. The summed E-state index contributed by atoms with van der Waals surface area (Å²) in [6.07, 6.45) is 34.1. The molecule has 0 spiro atoms. The van der Waals surface area contributed by atoms with Crippen LogP contribution < -0.4 is 0 Å². The predicted molar refractivity (Wildman–Crippen MR) is 186 cm³/mol. The Balaban J connectivity index is 0. The predicted octanol–water partition coefficient (Wildman–Crippen LogP) is 10.0. The van der Waals surface area contributed by atoms with Crippen molar-refractivity contribution in [2.45, 2.75) is 199 Å². The Kier molecular flexibility index (Phi) is 37.1. The second-order valence-electron chi connectivity index (χ2n) is 13.0. The standard InChI is InChI=1S/C33H69NO.C4H6O5/c1-5-7-9-11-13-14-15-16-17-18-19-20-21-23-25-27-31-35-32-28-30-33(34(3)4)29-26-24-22-12-10-8-6-2;5-2(4(8)9)1-3(6)7/h33H,5-32H2,1-4H3;2,5H,1H2,(H,6,7)(H,8,9). The molecule has 0 heterocycles. The molecule has 0 fully saturated rings. The van der Waals surface area contributed by atoms with Crippen molar-refractivity contribution in [3.05, 3.63) is 0 Å². The maximum atomic E-state index is 9.72. The second kappa shape index (κ2) is 36.3. The van der Waals surface area contributed by atoms with Crippen molar-refractivity contribution in [1.82, 2.24) is 4.90 Å². The van der Waals surface area contributed by atoms with Gasteiger partial charge in [-0.25, -0.2) is 4.79 Å². The number of unbranched alkanes of at least 4 members (excludes halogenated alkanes) is 21. The van der Waals surface area contributed by atoms with Crippen molar-refractivity contribution >= 4 is 11.9 Å². The first kappa shape index (κ1) is 44.9. The minimum atomic E-state index is -1.79. The van der Waals surface area contributed by atoms with Gasteiger partial charge >= 0.3 is 11.9 Å². The van der Waals surface area contributed by atoms with Crippen LogP contribution >= 0.6 is 0 Å². The van der Waals surface area contributed by atoms with Gasteiger partial charge < -0.3 is 25.0 Å². The minimum Gasteiger partial charge on any atom is -0.481 e. The lowest BCUT2D eigenvalue weighted by Gasteiger charge is -2.24. The Morgan fingerprint density at radius 1 is 0.545 bits per heavy atom. The first-order valence-electron chi connectivity index (χ1n) is 18.6. The molecule has 44 heavy (non-hydrogen) atoms. The van der Waals surface area contributed by atoms with Crippen LogP contribution in [0.15, 0.2) is 0 Å². The maximum absolute atomic E-state index is 9.72. The van der Waals surface area contributed by atoms with E-state index in [2.05, 4.69) is 32.8 Å². The van der Waals surface area contributed by atoms with E-state index in [9.17, 15) is 9.59 Å². The normalized spacial score (nSPS) is 12.6. The van der Waals surface area contributed by atoms with E-state index in [0.717, 1.165) is 19.3 Å². The lowest BCUT2D eigenvalue weighted by Crippen LogP contribution is -2.28. The third-order valence-electron chi connectivity index (χ3n) is 8.49. The number of carbonyl (C=O) groups is 2. The molecule has 2 atom stereocenters. The highest BCUT2D eigenvalue weighted by atomic mass is 16.5. The van der Waals surface area contributed by atoms with Gasteiger partial charge in [-0.15, -0.1) is 0 Å². The van der Waals surface area contributed by atoms with Gasteiger partial charge in [-0.2, -0.15) is 0 Å². The third kappa shape index (κ3) is 37.0. The van der Waals surface area contributed by atoms with E-state index in [0.29, 0.717) is 0 Å². The summed E-state index contributed by atoms with van der Waals surface area (Å²) in [6.45, 7) is 6.53. The summed E-state index contributed by atoms with van der Waals surface area (Å²) in [7, 11) is 4.51. The number of hydrogen-bond donors (Lipinski definition) is 3. The van der Waals surface area contributed by atoms with Crippen molar-refractivity contribution in [2.24, 2.45) is 0 Å². The summed E-state index contributed by atoms with van der Waals surface area (Å²) in [5.74, 6) is -2.85. The van der Waals surface area contributed by atoms with Gasteiger partial charge in [-0.3, -0.25) is 4.79 Å². The molecule has 7 nitrogen and oxygen atoms in total. The van der Waals surface area contributed by atoms with Crippen molar-refractivity contribution in [3.8, 4) is 0 Å². The van der Waals surface area contributed by atoms with Crippen molar-refractivity contribution in [2.75, 3.05) is 27.3 Å². The number of rotatable bonds is 33. The van der Waals surface area contributed by atoms with Crippen LogP contribution in [0.4, 0.5) is 0 Å². The zero-order chi connectivity index (χ0) is 33.1. The van der Waals surface area contributed by atoms with Gasteiger partial charge in [0.1, 0.15) is 0 Å². The molecular formula is C37H75NO6. The van der Waals surface area contributed by atoms with E-state index in [-0.39, 0.29) is 0 Å². The Bertz CT molecular complexity index is 601. The zero-order valence-electron chi connectivity index (χ0n) is 29.7. The quantitative estimate of drug-likeness (QED) is 0.0620. The first-order chi connectivity index (χ1) is 21.3. The molecule has 3 N–H and O–H groups in total. The van der Waals surface area contributed by atoms with E-state index in [1.54, 1.807) is 0 Å². The van der Waals surface area contributed by atoms with E-state index in [1.165, 1.54) is 167 Å². The smallest absolute Gasteiger partial charge is 0.333 e. The van der Waals surface area contributed by atoms with Gasteiger partial charge in [-0.1, -0.05) is 155 Å².